The largest absolute Gasteiger partial charge is 0.365 e. The predicted molar refractivity (Wildman–Crippen MR) is 77.0 cm³/mol. The Labute approximate surface area is 114 Å². The molecule has 2 aromatic rings. The van der Waals surface area contributed by atoms with Gasteiger partial charge in [0, 0.05) is 45.0 Å². The van der Waals surface area contributed by atoms with Crippen LogP contribution in [0.3, 0.4) is 0 Å². The average molecular weight is 256 g/mol. The van der Waals surface area contributed by atoms with Crippen LogP contribution in [0, 0.1) is 0 Å². The molecule has 1 atom stereocenters. The van der Waals surface area contributed by atoms with Crippen LogP contribution >= 0.6 is 0 Å². The summed E-state index contributed by atoms with van der Waals surface area (Å²) in [5.41, 5.74) is 1.39. The molecule has 1 fully saturated rings. The average Bonchev–Trinajstić information content (AvgIpc) is 3.01. The zero-order chi connectivity index (χ0) is 13.1. The summed E-state index contributed by atoms with van der Waals surface area (Å²) >= 11 is 0. The number of rotatable bonds is 4. The third-order valence-corrected chi connectivity index (χ3v) is 3.59. The molecule has 1 saturated heterocycles. The van der Waals surface area contributed by atoms with Crippen LogP contribution in [0.15, 0.2) is 42.6 Å². The molecule has 1 N–H and O–H groups in total. The monoisotopic (exact) mass is 256 g/mol. The molecular formula is C15H20N4. The van der Waals surface area contributed by atoms with Gasteiger partial charge in [0.15, 0.2) is 0 Å². The lowest BCUT2D eigenvalue weighted by Crippen LogP contribution is -2.26. The number of nitrogens with one attached hydrogen (secondary N) is 1. The lowest BCUT2D eigenvalue weighted by molar-refractivity contribution is 0.328. The SMILES string of the molecule is Cn1ccc(NC2CCN(Cc3ccccc3)C2)n1. The van der Waals surface area contributed by atoms with E-state index in [0.717, 1.165) is 25.5 Å². The van der Waals surface area contributed by atoms with Gasteiger partial charge in [-0.25, -0.2) is 0 Å². The molecule has 1 aliphatic heterocycles. The number of benzene rings is 1. The molecule has 0 bridgehead atoms. The molecule has 1 aromatic heterocycles. The summed E-state index contributed by atoms with van der Waals surface area (Å²) in [6.45, 7) is 3.28. The quantitative estimate of drug-likeness (QED) is 0.909. The first-order valence-electron chi connectivity index (χ1n) is 6.82. The van der Waals surface area contributed by atoms with E-state index in [1.807, 2.05) is 24.0 Å². The first-order chi connectivity index (χ1) is 9.29. The Morgan fingerprint density at radius 3 is 2.84 bits per heavy atom. The summed E-state index contributed by atoms with van der Waals surface area (Å²) in [6, 6.07) is 13.2. The number of likely N-dealkylation sites (tertiary alicyclic amines) is 1. The third-order valence-electron chi connectivity index (χ3n) is 3.59. The normalized spacial score (nSPS) is 19.7. The van der Waals surface area contributed by atoms with Crippen molar-refractivity contribution in [2.75, 3.05) is 18.4 Å². The summed E-state index contributed by atoms with van der Waals surface area (Å²) in [7, 11) is 1.95. The van der Waals surface area contributed by atoms with E-state index in [4.69, 9.17) is 0 Å². The second-order valence-corrected chi connectivity index (χ2v) is 5.23. The Morgan fingerprint density at radius 1 is 1.26 bits per heavy atom. The maximum absolute atomic E-state index is 4.37. The van der Waals surface area contributed by atoms with Gasteiger partial charge >= 0.3 is 0 Å². The van der Waals surface area contributed by atoms with Crippen molar-refractivity contribution in [1.82, 2.24) is 14.7 Å². The van der Waals surface area contributed by atoms with E-state index in [2.05, 4.69) is 45.6 Å². The molecule has 0 radical (unpaired) electrons. The van der Waals surface area contributed by atoms with Crippen LogP contribution in [0.4, 0.5) is 5.82 Å². The van der Waals surface area contributed by atoms with Crippen LogP contribution in [-0.2, 0) is 13.6 Å². The van der Waals surface area contributed by atoms with Crippen molar-refractivity contribution in [2.24, 2.45) is 7.05 Å². The highest BCUT2D eigenvalue weighted by Crippen LogP contribution is 2.16. The number of aryl methyl sites for hydroxylation is 1. The Balaban J connectivity index is 1.53. The van der Waals surface area contributed by atoms with Gasteiger partial charge in [0.1, 0.15) is 5.82 Å². The van der Waals surface area contributed by atoms with Crippen molar-refractivity contribution in [3.63, 3.8) is 0 Å². The molecule has 0 aliphatic carbocycles. The highest BCUT2D eigenvalue weighted by Gasteiger charge is 2.22. The van der Waals surface area contributed by atoms with Crippen LogP contribution in [0.2, 0.25) is 0 Å². The van der Waals surface area contributed by atoms with Gasteiger partial charge in [0.05, 0.1) is 0 Å². The predicted octanol–water partition coefficient (Wildman–Crippen LogP) is 2.11. The van der Waals surface area contributed by atoms with Gasteiger partial charge < -0.3 is 5.32 Å². The van der Waals surface area contributed by atoms with E-state index < -0.39 is 0 Å². The minimum absolute atomic E-state index is 0.513. The van der Waals surface area contributed by atoms with Crippen LogP contribution in [0.25, 0.3) is 0 Å². The van der Waals surface area contributed by atoms with Crippen molar-refractivity contribution in [3.8, 4) is 0 Å². The fourth-order valence-electron chi connectivity index (χ4n) is 2.64. The molecule has 1 aromatic carbocycles. The van der Waals surface area contributed by atoms with E-state index in [0.29, 0.717) is 6.04 Å². The number of hydrogen-bond acceptors (Lipinski definition) is 3. The molecule has 2 heterocycles. The Hall–Kier alpha value is -1.81. The lowest BCUT2D eigenvalue weighted by Gasteiger charge is -2.16. The lowest BCUT2D eigenvalue weighted by atomic mass is 10.2. The summed E-state index contributed by atoms with van der Waals surface area (Å²) in [6.07, 6.45) is 3.16. The van der Waals surface area contributed by atoms with Crippen LogP contribution in [-0.4, -0.2) is 33.8 Å². The Morgan fingerprint density at radius 2 is 2.11 bits per heavy atom. The molecular weight excluding hydrogens is 236 g/mol. The summed E-state index contributed by atoms with van der Waals surface area (Å²) in [5.74, 6) is 0.981. The van der Waals surface area contributed by atoms with Gasteiger partial charge in [0.25, 0.3) is 0 Å². The molecule has 1 unspecified atom stereocenters. The van der Waals surface area contributed by atoms with E-state index in [1.165, 1.54) is 12.0 Å². The van der Waals surface area contributed by atoms with Crippen molar-refractivity contribution >= 4 is 5.82 Å². The molecule has 3 rings (SSSR count). The van der Waals surface area contributed by atoms with Crippen molar-refractivity contribution in [1.29, 1.82) is 0 Å². The van der Waals surface area contributed by atoms with Crippen molar-refractivity contribution in [2.45, 2.75) is 19.0 Å². The first kappa shape index (κ1) is 12.2. The molecule has 19 heavy (non-hydrogen) atoms. The molecule has 0 spiro atoms. The van der Waals surface area contributed by atoms with E-state index in [9.17, 15) is 0 Å². The van der Waals surface area contributed by atoms with Crippen LogP contribution in [0.1, 0.15) is 12.0 Å². The molecule has 0 saturated carbocycles. The molecule has 0 amide bonds. The molecule has 4 heteroatoms. The molecule has 100 valence electrons. The number of anilines is 1. The number of nitrogens with zero attached hydrogens (tertiary/aromatic N) is 3. The zero-order valence-electron chi connectivity index (χ0n) is 11.3. The fourth-order valence-corrected chi connectivity index (χ4v) is 2.64. The summed E-state index contributed by atoms with van der Waals surface area (Å²) in [5, 5.41) is 7.87. The highest BCUT2D eigenvalue weighted by molar-refractivity contribution is 5.34. The second kappa shape index (κ2) is 5.45. The topological polar surface area (TPSA) is 33.1 Å². The van der Waals surface area contributed by atoms with E-state index >= 15 is 0 Å². The number of hydrogen-bond donors (Lipinski definition) is 1. The minimum atomic E-state index is 0.513. The Kier molecular flexibility index (Phi) is 3.51. The van der Waals surface area contributed by atoms with Crippen molar-refractivity contribution in [3.05, 3.63) is 48.2 Å². The molecule has 1 aliphatic rings. The van der Waals surface area contributed by atoms with Gasteiger partial charge in [-0.2, -0.15) is 5.10 Å². The van der Waals surface area contributed by atoms with Gasteiger partial charge in [0.2, 0.25) is 0 Å². The van der Waals surface area contributed by atoms with Crippen LogP contribution < -0.4 is 5.32 Å². The molecule has 4 nitrogen and oxygen atoms in total. The number of aromatic nitrogens is 2. The Bertz CT molecular complexity index is 520. The summed E-state index contributed by atoms with van der Waals surface area (Å²) < 4.78 is 1.83. The maximum atomic E-state index is 4.37. The van der Waals surface area contributed by atoms with Gasteiger partial charge in [-0.1, -0.05) is 30.3 Å². The smallest absolute Gasteiger partial charge is 0.148 e. The van der Waals surface area contributed by atoms with Gasteiger partial charge in [-0.05, 0) is 12.0 Å². The van der Waals surface area contributed by atoms with Crippen LogP contribution in [0.5, 0.6) is 0 Å². The third kappa shape index (κ3) is 3.15. The standard InChI is InChI=1S/C15H20N4/c1-18-9-8-15(17-18)16-14-7-10-19(12-14)11-13-5-3-2-4-6-13/h2-6,8-9,14H,7,10-12H2,1H3,(H,16,17). The van der Waals surface area contributed by atoms with Crippen molar-refractivity contribution < 1.29 is 0 Å². The van der Waals surface area contributed by atoms with E-state index in [1.54, 1.807) is 0 Å². The first-order valence-corrected chi connectivity index (χ1v) is 6.82. The fraction of sp³-hybridized carbons (Fsp3) is 0.400. The van der Waals surface area contributed by atoms with Gasteiger partial charge in [-0.15, -0.1) is 0 Å². The highest BCUT2D eigenvalue weighted by atomic mass is 15.3. The maximum Gasteiger partial charge on any atom is 0.148 e. The van der Waals surface area contributed by atoms with Gasteiger partial charge in [-0.3, -0.25) is 9.58 Å². The minimum Gasteiger partial charge on any atom is -0.365 e. The second-order valence-electron chi connectivity index (χ2n) is 5.23. The zero-order valence-corrected chi connectivity index (χ0v) is 11.3. The van der Waals surface area contributed by atoms with E-state index in [-0.39, 0.29) is 0 Å². The summed E-state index contributed by atoms with van der Waals surface area (Å²) in [4.78, 5) is 2.50.